The molecule has 6 aromatic carbocycles. The van der Waals surface area contributed by atoms with Gasteiger partial charge in [-0.2, -0.15) is 30.4 Å². The molecule has 29 heteroatoms. The first-order valence-electron chi connectivity index (χ1n) is 36.5. The lowest BCUT2D eigenvalue weighted by Crippen LogP contribution is -2.53. The van der Waals surface area contributed by atoms with Gasteiger partial charge in [0.1, 0.15) is 46.4 Å². The molecule has 21 nitrogen and oxygen atoms in total. The molecule has 0 aromatic heterocycles. The Kier molecular flexibility index (Phi) is 32.7. The van der Waals surface area contributed by atoms with Gasteiger partial charge in [-0.1, -0.05) is 107 Å². The number of hydrogen-bond donors (Lipinski definition) is 1. The van der Waals surface area contributed by atoms with E-state index in [1.807, 2.05) is 125 Å². The third-order valence-corrected chi connectivity index (χ3v) is 23.6. The Labute approximate surface area is 657 Å². The highest BCUT2D eigenvalue weighted by atomic mass is 32.2. The van der Waals surface area contributed by atoms with Crippen LogP contribution in [-0.4, -0.2) is 122 Å². The van der Waals surface area contributed by atoms with Crippen LogP contribution in [0, 0.1) is 33.5 Å². The van der Waals surface area contributed by atoms with Gasteiger partial charge in [-0.15, -0.1) is 0 Å². The predicted octanol–water partition coefficient (Wildman–Crippen LogP) is 17.2. The third-order valence-electron chi connectivity index (χ3n) is 18.7. The Hall–Kier alpha value is -8.64. The van der Waals surface area contributed by atoms with E-state index < -0.39 is 126 Å². The Morgan fingerprint density at radius 2 is 0.875 bits per heavy atom. The second-order valence-electron chi connectivity index (χ2n) is 31.5. The molecule has 1 N–H and O–H groups in total. The summed E-state index contributed by atoms with van der Waals surface area (Å²) in [4.78, 5) is 75.8. The summed E-state index contributed by atoms with van der Waals surface area (Å²) < 4.78 is 165. The van der Waals surface area contributed by atoms with Crippen LogP contribution in [0.5, 0.6) is 23.0 Å². The highest BCUT2D eigenvalue weighted by molar-refractivity contribution is 7.97. The number of benzene rings is 6. The van der Waals surface area contributed by atoms with E-state index in [4.69, 9.17) is 42.4 Å². The minimum absolute atomic E-state index is 0.0130. The normalized spacial score (nSPS) is 17.5. The van der Waals surface area contributed by atoms with Crippen molar-refractivity contribution in [1.82, 2.24) is 0 Å². The summed E-state index contributed by atoms with van der Waals surface area (Å²) in [6, 6.07) is 53.1. The molecule has 0 amide bonds. The lowest BCUT2D eigenvalue weighted by Gasteiger charge is -2.32. The number of carbonyl (C=O) groups excluding carboxylic acids is 6. The fourth-order valence-electron chi connectivity index (χ4n) is 10.6. The van der Waals surface area contributed by atoms with Crippen LogP contribution < -0.4 is 14.2 Å². The summed E-state index contributed by atoms with van der Waals surface area (Å²) in [6.07, 6.45) is -9.02. The van der Waals surface area contributed by atoms with Gasteiger partial charge in [0, 0.05) is 11.8 Å². The third kappa shape index (κ3) is 27.3. The number of fused-ring (bicyclic) bond motifs is 1. The Bertz CT molecular complexity index is 4150. The van der Waals surface area contributed by atoms with Gasteiger partial charge in [0.15, 0.2) is 44.1 Å². The maximum absolute atomic E-state index is 13.0. The van der Waals surface area contributed by atoms with Crippen molar-refractivity contribution in [2.45, 2.75) is 230 Å². The van der Waals surface area contributed by atoms with Crippen LogP contribution in [0.3, 0.4) is 0 Å². The van der Waals surface area contributed by atoms with Crippen molar-refractivity contribution in [1.29, 1.82) is 0 Å². The van der Waals surface area contributed by atoms with Gasteiger partial charge in [0.05, 0.1) is 37.8 Å². The van der Waals surface area contributed by atoms with Crippen molar-refractivity contribution in [3.8, 4) is 23.0 Å². The van der Waals surface area contributed by atoms with Gasteiger partial charge in [-0.25, -0.2) is 18.0 Å². The minimum Gasteiger partial charge on any atom is -0.743 e. The van der Waals surface area contributed by atoms with Gasteiger partial charge in [0.25, 0.3) is 16.2 Å². The van der Waals surface area contributed by atoms with E-state index in [9.17, 15) is 72.1 Å². The topological polar surface area (TPSA) is 297 Å². The fourth-order valence-corrected chi connectivity index (χ4v) is 15.1. The first kappa shape index (κ1) is 94.0. The molecular formula is C83H105F5O21S3. The quantitative estimate of drug-likeness (QED) is 0.0106. The number of halogens is 5. The largest absolute Gasteiger partial charge is 0.743 e. The number of esters is 6. The van der Waals surface area contributed by atoms with Crippen LogP contribution in [0.4, 0.5) is 22.0 Å². The summed E-state index contributed by atoms with van der Waals surface area (Å²) in [7, 11) is -10.2. The average Bonchev–Trinajstić information content (AvgIpc) is 1.56. The first-order valence-corrected chi connectivity index (χ1v) is 40.6. The van der Waals surface area contributed by atoms with Crippen LogP contribution in [0.15, 0.2) is 178 Å². The second kappa shape index (κ2) is 38.9. The van der Waals surface area contributed by atoms with Gasteiger partial charge in [-0.3, -0.25) is 23.4 Å². The molecule has 0 spiro atoms. The van der Waals surface area contributed by atoms with Crippen molar-refractivity contribution >= 4 is 66.9 Å². The zero-order valence-electron chi connectivity index (χ0n) is 66.5. The summed E-state index contributed by atoms with van der Waals surface area (Å²) >= 11 is 0. The number of aromatic hydroxyl groups is 1. The molecule has 6 atom stereocenters. The molecule has 3 aliphatic rings. The summed E-state index contributed by atoms with van der Waals surface area (Å²) in [6.45, 7) is 31.0. The summed E-state index contributed by atoms with van der Waals surface area (Å²) in [5.41, 5.74) is -2.45. The zero-order valence-corrected chi connectivity index (χ0v) is 69.0. The number of carbonyl (C=O) groups is 6. The maximum Gasteiger partial charge on any atom is 0.432 e. The summed E-state index contributed by atoms with van der Waals surface area (Å²) in [5, 5.41) is 2.79. The monoisotopic (exact) mass is 1630 g/mol. The van der Waals surface area contributed by atoms with Crippen molar-refractivity contribution < 1.29 is 119 Å². The number of ether oxygens (including phenoxy) is 8. The highest BCUT2D eigenvalue weighted by Gasteiger charge is 2.66. The smallest absolute Gasteiger partial charge is 0.432 e. The average molecular weight is 1630 g/mol. The molecule has 6 unspecified atom stereocenters. The SMILES string of the molecule is CCC(C)(C)C(=O)OC(C(F)(F)F)C(F)(F)S(=O)(=O)[O-].CCC(C)(C)C(=O)OCC(=O)OC(c1ccc(OC(C)(C)C)cc1)c1ccc(OC(C)(C)C)cc1.CCC(C)(C)C(=O)OCC(=O)OC1C2CC3C1OS(=O)(=O)C3C2.CCC(C)(C)C(=O)Oc1ccc(O)cc1.c1ccc([S+](c2ccccc2)c2ccccc2)cc1. The van der Waals surface area contributed by atoms with E-state index >= 15 is 0 Å². The summed E-state index contributed by atoms with van der Waals surface area (Å²) in [5.74, 6) is -2.13. The van der Waals surface area contributed by atoms with Gasteiger partial charge < -0.3 is 47.6 Å². The molecule has 1 aliphatic heterocycles. The van der Waals surface area contributed by atoms with E-state index in [2.05, 4.69) is 95.7 Å². The second-order valence-corrected chi connectivity index (χ2v) is 36.7. The Morgan fingerprint density at radius 3 is 1.24 bits per heavy atom. The standard InChI is InChI=1S/C29H40O6.C18H15S.C15H22O7S.C12H16O3.C9H13F5O5S/c1-10-29(8,9)26(31)32-19-24(30)33-25(20-11-15-22(16-12-20)34-27(2,3)4)21-13-17-23(18-14-21)35-28(5,6)7;1-4-10-16(11-5-1)19(17-12-6-2-7-13-17)18-14-8-3-9-15-18;1-4-15(2,3)14(17)20-7-11(16)21-12-8-5-9-10(6-8)23(18,19)22-13(9)12;1-4-12(2,3)11(14)15-10-7-5-9(13)6-8-10;1-4-7(2,3)6(15)19-5(8(10,11)12)9(13,14)20(16,17)18/h11-18,25H,10,19H2,1-9H3;1-15H;8-10,12-13H,4-7H2,1-3H3;5-8,13H,4H2,1-3H3;5H,4H2,1-3H3,(H,16,17,18)/q;+1;;;/p-1. The van der Waals surface area contributed by atoms with Crippen LogP contribution in [-0.2, 0) is 87.8 Å². The molecule has 6 aromatic rings. The molecule has 1 heterocycles. The first-order chi connectivity index (χ1) is 51.7. The highest BCUT2D eigenvalue weighted by Crippen LogP contribution is 2.55. The molecule has 2 bridgehead atoms. The Morgan fingerprint density at radius 1 is 0.509 bits per heavy atom. The van der Waals surface area contributed by atoms with Gasteiger partial charge >= 0.3 is 47.2 Å². The van der Waals surface area contributed by atoms with E-state index in [0.29, 0.717) is 31.4 Å². The number of rotatable bonds is 25. The maximum atomic E-state index is 13.0. The number of phenolic OH excluding ortho intramolecular Hbond substituents is 1. The molecule has 112 heavy (non-hydrogen) atoms. The lowest BCUT2D eigenvalue weighted by atomic mass is 9.90. The zero-order chi connectivity index (χ0) is 84.4. The minimum atomic E-state index is -6.66. The van der Waals surface area contributed by atoms with Crippen LogP contribution in [0.2, 0.25) is 0 Å². The van der Waals surface area contributed by atoms with E-state index in [-0.39, 0.29) is 52.1 Å². The van der Waals surface area contributed by atoms with E-state index in [1.54, 1.807) is 39.8 Å². The fraction of sp³-hybridized carbons (Fsp3) is 0.494. The number of hydrogen-bond acceptors (Lipinski definition) is 21. The lowest BCUT2D eigenvalue weighted by molar-refractivity contribution is -0.262. The van der Waals surface area contributed by atoms with Gasteiger partial charge in [-0.05, 0) is 232 Å². The van der Waals surface area contributed by atoms with E-state index in [0.717, 1.165) is 42.9 Å². The number of phenols is 1. The van der Waals surface area contributed by atoms with Crippen molar-refractivity contribution in [3.63, 3.8) is 0 Å². The molecule has 0 radical (unpaired) electrons. The molecule has 1 saturated heterocycles. The molecule has 3 fully saturated rings. The Balaban J connectivity index is 0.000000258. The van der Waals surface area contributed by atoms with E-state index in [1.165, 1.54) is 33.7 Å². The van der Waals surface area contributed by atoms with Gasteiger partial charge in [0.2, 0.25) is 0 Å². The number of alkyl halides is 5. The molecule has 9 rings (SSSR count). The molecule has 2 saturated carbocycles. The van der Waals surface area contributed by atoms with Crippen LogP contribution in [0.1, 0.15) is 180 Å². The van der Waals surface area contributed by atoms with Crippen LogP contribution in [0.25, 0.3) is 0 Å². The van der Waals surface area contributed by atoms with Crippen molar-refractivity contribution in [2.75, 3.05) is 13.2 Å². The molecule has 616 valence electrons. The molecule has 2 aliphatic carbocycles. The van der Waals surface area contributed by atoms with Crippen molar-refractivity contribution in [2.24, 2.45) is 33.5 Å². The van der Waals surface area contributed by atoms with Crippen LogP contribution >= 0.6 is 0 Å². The van der Waals surface area contributed by atoms with Crippen molar-refractivity contribution in [3.05, 3.63) is 175 Å². The molecular weight excluding hydrogens is 1520 g/mol. The predicted molar refractivity (Wildman–Crippen MR) is 409 cm³/mol.